The van der Waals surface area contributed by atoms with Crippen molar-refractivity contribution in [1.29, 1.82) is 5.26 Å². The van der Waals surface area contributed by atoms with Crippen LogP contribution in [0.2, 0.25) is 0 Å². The van der Waals surface area contributed by atoms with Crippen LogP contribution in [0.3, 0.4) is 0 Å². The largest absolute Gasteiger partial charge is 0.355 e. The van der Waals surface area contributed by atoms with Gasteiger partial charge in [-0.3, -0.25) is 4.79 Å². The Morgan fingerprint density at radius 1 is 1.50 bits per heavy atom. The van der Waals surface area contributed by atoms with E-state index in [1.807, 2.05) is 19.9 Å². The molecule has 3 N–H and O–H groups in total. The van der Waals surface area contributed by atoms with E-state index in [1.165, 1.54) is 0 Å². The van der Waals surface area contributed by atoms with Gasteiger partial charge in [0.2, 0.25) is 5.91 Å². The number of nitriles is 1. The highest BCUT2D eigenvalue weighted by atomic mass is 16.2. The number of carbonyl (C=O) groups excluding carboxylic acids is 1. The van der Waals surface area contributed by atoms with Gasteiger partial charge in [0.25, 0.3) is 0 Å². The molecule has 0 unspecified atom stereocenters. The molecule has 0 saturated heterocycles. The summed E-state index contributed by atoms with van der Waals surface area (Å²) in [5.74, 6) is -0.0275. The molecule has 4 heteroatoms. The predicted molar refractivity (Wildman–Crippen MR) is 55.3 cm³/mol. The summed E-state index contributed by atoms with van der Waals surface area (Å²) in [6.07, 6.45) is 1.82. The number of amides is 1. The van der Waals surface area contributed by atoms with Gasteiger partial charge in [0.15, 0.2) is 0 Å². The van der Waals surface area contributed by atoms with Crippen molar-refractivity contribution in [3.63, 3.8) is 0 Å². The van der Waals surface area contributed by atoms with E-state index in [-0.39, 0.29) is 5.91 Å². The van der Waals surface area contributed by atoms with E-state index in [9.17, 15) is 4.79 Å². The SMILES string of the molecule is CCC(CC)(CN)C(=O)NCCC#N. The van der Waals surface area contributed by atoms with Crippen LogP contribution in [0.15, 0.2) is 0 Å². The molecule has 0 rings (SSSR count). The van der Waals surface area contributed by atoms with Gasteiger partial charge in [-0.2, -0.15) is 5.26 Å². The van der Waals surface area contributed by atoms with Crippen molar-refractivity contribution in [3.05, 3.63) is 0 Å². The Bertz CT molecular complexity index is 208. The molecule has 0 aromatic rings. The normalized spacial score (nSPS) is 10.7. The van der Waals surface area contributed by atoms with Crippen LogP contribution in [0.1, 0.15) is 33.1 Å². The number of nitrogens with zero attached hydrogens (tertiary/aromatic N) is 1. The number of nitrogens with two attached hydrogens (primary N) is 1. The van der Waals surface area contributed by atoms with Crippen molar-refractivity contribution in [1.82, 2.24) is 5.32 Å². The monoisotopic (exact) mass is 197 g/mol. The van der Waals surface area contributed by atoms with Gasteiger partial charge in [-0.1, -0.05) is 13.8 Å². The maximum Gasteiger partial charge on any atom is 0.227 e. The lowest BCUT2D eigenvalue weighted by atomic mass is 9.81. The summed E-state index contributed by atoms with van der Waals surface area (Å²) < 4.78 is 0. The van der Waals surface area contributed by atoms with E-state index in [0.717, 1.165) is 12.8 Å². The minimum absolute atomic E-state index is 0.0275. The van der Waals surface area contributed by atoms with Crippen LogP contribution in [0.4, 0.5) is 0 Å². The second-order valence-corrected chi connectivity index (χ2v) is 3.36. The van der Waals surface area contributed by atoms with E-state index in [4.69, 9.17) is 11.0 Å². The Kier molecular flexibility index (Phi) is 5.89. The fourth-order valence-corrected chi connectivity index (χ4v) is 1.37. The van der Waals surface area contributed by atoms with E-state index in [0.29, 0.717) is 19.5 Å². The van der Waals surface area contributed by atoms with Crippen molar-refractivity contribution in [3.8, 4) is 6.07 Å². The zero-order valence-electron chi connectivity index (χ0n) is 8.97. The minimum atomic E-state index is -0.449. The zero-order valence-corrected chi connectivity index (χ0v) is 8.97. The maximum absolute atomic E-state index is 11.7. The smallest absolute Gasteiger partial charge is 0.227 e. The Labute approximate surface area is 85.5 Å². The molecule has 80 valence electrons. The molecular weight excluding hydrogens is 178 g/mol. The van der Waals surface area contributed by atoms with Crippen LogP contribution in [-0.4, -0.2) is 19.0 Å². The van der Waals surface area contributed by atoms with Gasteiger partial charge in [0, 0.05) is 13.1 Å². The number of rotatable bonds is 6. The van der Waals surface area contributed by atoms with Crippen LogP contribution in [0, 0.1) is 16.7 Å². The predicted octanol–water partition coefficient (Wildman–Crippen LogP) is 0.781. The van der Waals surface area contributed by atoms with E-state index in [2.05, 4.69) is 5.32 Å². The summed E-state index contributed by atoms with van der Waals surface area (Å²) in [7, 11) is 0. The molecule has 0 aromatic carbocycles. The maximum atomic E-state index is 11.7. The summed E-state index contributed by atoms with van der Waals surface area (Å²) in [5, 5.41) is 11.1. The number of hydrogen-bond acceptors (Lipinski definition) is 3. The average molecular weight is 197 g/mol. The van der Waals surface area contributed by atoms with Gasteiger partial charge in [0.1, 0.15) is 0 Å². The number of nitrogens with one attached hydrogen (secondary N) is 1. The first kappa shape index (κ1) is 12.9. The van der Waals surface area contributed by atoms with Crippen LogP contribution in [0.5, 0.6) is 0 Å². The fourth-order valence-electron chi connectivity index (χ4n) is 1.37. The van der Waals surface area contributed by atoms with E-state index >= 15 is 0 Å². The first-order valence-electron chi connectivity index (χ1n) is 5.02. The standard InChI is InChI=1S/C10H19N3O/c1-3-10(4-2,8-12)9(14)13-7-5-6-11/h3-5,7-8,12H2,1-2H3,(H,13,14). The van der Waals surface area contributed by atoms with Gasteiger partial charge in [-0.25, -0.2) is 0 Å². The molecule has 0 atom stereocenters. The summed E-state index contributed by atoms with van der Waals surface area (Å²) in [4.78, 5) is 11.7. The zero-order chi connectivity index (χ0) is 11.0. The lowest BCUT2D eigenvalue weighted by Crippen LogP contribution is -2.45. The lowest BCUT2D eigenvalue weighted by Gasteiger charge is -2.28. The van der Waals surface area contributed by atoms with Crippen LogP contribution < -0.4 is 11.1 Å². The van der Waals surface area contributed by atoms with Crippen molar-refractivity contribution in [2.24, 2.45) is 11.1 Å². The van der Waals surface area contributed by atoms with E-state index < -0.39 is 5.41 Å². The molecule has 0 aromatic heterocycles. The Hall–Kier alpha value is -1.08. The van der Waals surface area contributed by atoms with Gasteiger partial charge in [-0.05, 0) is 12.8 Å². The Morgan fingerprint density at radius 2 is 2.07 bits per heavy atom. The van der Waals surface area contributed by atoms with Crippen LogP contribution in [0.25, 0.3) is 0 Å². The highest BCUT2D eigenvalue weighted by Crippen LogP contribution is 2.24. The van der Waals surface area contributed by atoms with Gasteiger partial charge < -0.3 is 11.1 Å². The van der Waals surface area contributed by atoms with Gasteiger partial charge in [-0.15, -0.1) is 0 Å². The first-order valence-corrected chi connectivity index (χ1v) is 5.02. The molecule has 0 radical (unpaired) electrons. The third-order valence-corrected chi connectivity index (χ3v) is 2.75. The molecule has 0 fully saturated rings. The van der Waals surface area contributed by atoms with Crippen molar-refractivity contribution in [2.75, 3.05) is 13.1 Å². The van der Waals surface area contributed by atoms with Crippen LogP contribution >= 0.6 is 0 Å². The topological polar surface area (TPSA) is 78.9 Å². The molecule has 14 heavy (non-hydrogen) atoms. The average Bonchev–Trinajstić information content (AvgIpc) is 2.22. The number of carbonyl (C=O) groups is 1. The van der Waals surface area contributed by atoms with Crippen molar-refractivity contribution in [2.45, 2.75) is 33.1 Å². The molecule has 0 aliphatic rings. The lowest BCUT2D eigenvalue weighted by molar-refractivity contribution is -0.130. The van der Waals surface area contributed by atoms with Gasteiger partial charge >= 0.3 is 0 Å². The van der Waals surface area contributed by atoms with Crippen molar-refractivity contribution < 1.29 is 4.79 Å². The summed E-state index contributed by atoms with van der Waals surface area (Å²) in [5.41, 5.74) is 5.16. The quantitative estimate of drug-likeness (QED) is 0.618. The van der Waals surface area contributed by atoms with Crippen molar-refractivity contribution >= 4 is 5.91 Å². The van der Waals surface area contributed by atoms with Crippen LogP contribution in [-0.2, 0) is 4.79 Å². The molecule has 0 spiro atoms. The van der Waals surface area contributed by atoms with E-state index in [1.54, 1.807) is 0 Å². The minimum Gasteiger partial charge on any atom is -0.355 e. The fraction of sp³-hybridized carbons (Fsp3) is 0.800. The second-order valence-electron chi connectivity index (χ2n) is 3.36. The third-order valence-electron chi connectivity index (χ3n) is 2.75. The molecule has 0 aliphatic carbocycles. The number of hydrogen-bond donors (Lipinski definition) is 2. The van der Waals surface area contributed by atoms with Gasteiger partial charge in [0.05, 0.1) is 17.9 Å². The Balaban J connectivity index is 4.24. The summed E-state index contributed by atoms with van der Waals surface area (Å²) in [6, 6.07) is 1.98. The third kappa shape index (κ3) is 3.00. The molecule has 0 aliphatic heterocycles. The molecule has 0 heterocycles. The molecular formula is C10H19N3O. The highest BCUT2D eigenvalue weighted by Gasteiger charge is 2.32. The molecule has 0 bridgehead atoms. The Morgan fingerprint density at radius 3 is 2.43 bits per heavy atom. The molecule has 1 amide bonds. The molecule has 4 nitrogen and oxygen atoms in total. The first-order chi connectivity index (χ1) is 6.66. The second kappa shape index (κ2) is 6.39. The highest BCUT2D eigenvalue weighted by molar-refractivity contribution is 5.82. The molecule has 0 saturated carbocycles. The summed E-state index contributed by atoms with van der Waals surface area (Å²) >= 11 is 0. The summed E-state index contributed by atoms with van der Waals surface area (Å²) in [6.45, 7) is 4.69.